The summed E-state index contributed by atoms with van der Waals surface area (Å²) in [6, 6.07) is 21.4. The molecule has 0 atom stereocenters. The minimum atomic E-state index is -5.64. The number of benzene rings is 3. The number of alkyl halides is 3. The second-order valence-corrected chi connectivity index (χ2v) is 8.66. The van der Waals surface area contributed by atoms with Crippen LogP contribution in [0.25, 0.3) is 0 Å². The third-order valence-corrected chi connectivity index (χ3v) is 5.59. The van der Waals surface area contributed by atoms with Crippen molar-refractivity contribution in [3.05, 3.63) is 101 Å². The van der Waals surface area contributed by atoms with Crippen LogP contribution in [-0.4, -0.2) is 19.6 Å². The molecule has 0 heterocycles. The molecule has 0 radical (unpaired) electrons. The number of rotatable bonds is 7. The topological polar surface area (TPSA) is 91.6 Å². The SMILES string of the molecule is Cc1ccc(NS(=O)(=O)C(F)(F)F)c(/C(=N/OCc2ccc(C#N)cc2)c2ccccc2)c1. The van der Waals surface area contributed by atoms with Crippen molar-refractivity contribution in [2.45, 2.75) is 19.0 Å². The molecule has 0 unspecified atom stereocenters. The third kappa shape index (κ3) is 5.90. The molecule has 1 N–H and O–H groups in total. The molecule has 3 aromatic carbocycles. The highest BCUT2D eigenvalue weighted by molar-refractivity contribution is 7.93. The van der Waals surface area contributed by atoms with E-state index in [1.807, 2.05) is 6.07 Å². The fourth-order valence-corrected chi connectivity index (χ4v) is 3.43. The molecule has 0 saturated carbocycles. The van der Waals surface area contributed by atoms with Crippen LogP contribution in [0.4, 0.5) is 18.9 Å². The van der Waals surface area contributed by atoms with Crippen molar-refractivity contribution >= 4 is 21.4 Å². The number of aryl methyl sites for hydroxylation is 1. The highest BCUT2D eigenvalue weighted by Gasteiger charge is 2.46. The Balaban J connectivity index is 2.02. The maximum absolute atomic E-state index is 13.0. The Labute approximate surface area is 189 Å². The number of nitrogens with zero attached hydrogens (tertiary/aromatic N) is 2. The normalized spacial score (nSPS) is 12.2. The van der Waals surface area contributed by atoms with E-state index in [2.05, 4.69) is 5.16 Å². The predicted octanol–water partition coefficient (Wildman–Crippen LogP) is 5.10. The van der Waals surface area contributed by atoms with Gasteiger partial charge in [0, 0.05) is 11.1 Å². The first kappa shape index (κ1) is 23.8. The van der Waals surface area contributed by atoms with E-state index in [4.69, 9.17) is 10.1 Å². The van der Waals surface area contributed by atoms with Crippen LogP contribution in [0.1, 0.15) is 27.8 Å². The molecule has 0 aromatic heterocycles. The number of nitriles is 1. The second-order valence-electron chi connectivity index (χ2n) is 6.99. The molecule has 0 spiro atoms. The monoisotopic (exact) mass is 473 g/mol. The molecule has 6 nitrogen and oxygen atoms in total. The van der Waals surface area contributed by atoms with E-state index >= 15 is 0 Å². The van der Waals surface area contributed by atoms with Crippen LogP contribution < -0.4 is 4.72 Å². The fourth-order valence-electron chi connectivity index (χ4n) is 2.85. The molecule has 0 aliphatic carbocycles. The minimum absolute atomic E-state index is 0.0253. The van der Waals surface area contributed by atoms with Gasteiger partial charge in [-0.1, -0.05) is 59.3 Å². The molecule has 0 aliphatic heterocycles. The Bertz CT molecular complexity index is 1300. The van der Waals surface area contributed by atoms with E-state index in [9.17, 15) is 21.6 Å². The Morgan fingerprint density at radius 1 is 1.06 bits per heavy atom. The van der Waals surface area contributed by atoms with E-state index in [0.29, 0.717) is 22.3 Å². The Hall–Kier alpha value is -3.84. The average molecular weight is 473 g/mol. The van der Waals surface area contributed by atoms with Gasteiger partial charge < -0.3 is 4.84 Å². The molecule has 0 aliphatic rings. The van der Waals surface area contributed by atoms with Crippen molar-refractivity contribution in [2.75, 3.05) is 4.72 Å². The van der Waals surface area contributed by atoms with Crippen LogP contribution in [0.3, 0.4) is 0 Å². The number of hydrogen-bond donors (Lipinski definition) is 1. The van der Waals surface area contributed by atoms with Gasteiger partial charge in [0.05, 0.1) is 17.3 Å². The van der Waals surface area contributed by atoms with Crippen molar-refractivity contribution < 1.29 is 26.4 Å². The molecule has 33 heavy (non-hydrogen) atoms. The average Bonchev–Trinajstić information content (AvgIpc) is 2.78. The van der Waals surface area contributed by atoms with Crippen LogP contribution in [0.15, 0.2) is 78.0 Å². The van der Waals surface area contributed by atoms with Gasteiger partial charge in [-0.05, 0) is 36.8 Å². The van der Waals surface area contributed by atoms with E-state index in [1.165, 1.54) is 18.2 Å². The number of anilines is 1. The molecule has 170 valence electrons. The smallest absolute Gasteiger partial charge is 0.390 e. The van der Waals surface area contributed by atoms with Gasteiger partial charge in [0.1, 0.15) is 12.3 Å². The summed E-state index contributed by atoms with van der Waals surface area (Å²) in [7, 11) is -5.64. The van der Waals surface area contributed by atoms with Crippen LogP contribution >= 0.6 is 0 Å². The third-order valence-electron chi connectivity index (χ3n) is 4.50. The van der Waals surface area contributed by atoms with Crippen molar-refractivity contribution in [2.24, 2.45) is 5.16 Å². The summed E-state index contributed by atoms with van der Waals surface area (Å²) in [6.45, 7) is 1.74. The predicted molar refractivity (Wildman–Crippen MR) is 118 cm³/mol. The fraction of sp³-hybridized carbons (Fsp3) is 0.130. The zero-order valence-electron chi connectivity index (χ0n) is 17.3. The van der Waals surface area contributed by atoms with Gasteiger partial charge in [0.2, 0.25) is 0 Å². The molecular weight excluding hydrogens is 455 g/mol. The summed E-state index contributed by atoms with van der Waals surface area (Å²) >= 11 is 0. The van der Waals surface area contributed by atoms with Crippen molar-refractivity contribution in [1.29, 1.82) is 5.26 Å². The van der Waals surface area contributed by atoms with Gasteiger partial charge in [-0.3, -0.25) is 4.72 Å². The molecule has 0 fully saturated rings. The van der Waals surface area contributed by atoms with E-state index in [1.54, 1.807) is 66.2 Å². The van der Waals surface area contributed by atoms with Gasteiger partial charge in [0.25, 0.3) is 0 Å². The lowest BCUT2D eigenvalue weighted by molar-refractivity contribution is -0.0429. The molecular formula is C23H18F3N3O3S. The summed E-state index contributed by atoms with van der Waals surface area (Å²) in [6.07, 6.45) is 0. The van der Waals surface area contributed by atoms with Gasteiger partial charge in [-0.2, -0.15) is 26.9 Å². The first-order chi connectivity index (χ1) is 15.6. The molecule has 3 rings (SSSR count). The number of sulfonamides is 1. The molecule has 0 saturated heterocycles. The van der Waals surface area contributed by atoms with Crippen LogP contribution in [0, 0.1) is 18.3 Å². The highest BCUT2D eigenvalue weighted by Crippen LogP contribution is 2.29. The van der Waals surface area contributed by atoms with Crippen molar-refractivity contribution in [3.63, 3.8) is 0 Å². The van der Waals surface area contributed by atoms with E-state index < -0.39 is 15.5 Å². The zero-order valence-corrected chi connectivity index (χ0v) is 18.1. The maximum atomic E-state index is 13.0. The highest BCUT2D eigenvalue weighted by atomic mass is 32.2. The summed E-state index contributed by atoms with van der Waals surface area (Å²) in [5.41, 5.74) is -3.12. The Morgan fingerprint density at radius 2 is 1.73 bits per heavy atom. The zero-order chi connectivity index (χ0) is 24.1. The molecule has 0 bridgehead atoms. The first-order valence-electron chi connectivity index (χ1n) is 9.55. The molecule has 0 amide bonds. The standard InChI is InChI=1S/C23H18F3N3O3S/c1-16-7-12-21(29-33(30,31)23(24,25)26)20(13-16)22(19-5-3-2-4-6-19)28-32-15-18-10-8-17(14-27)9-11-18/h2-13,29H,15H2,1H3/b28-22+. The first-order valence-corrected chi connectivity index (χ1v) is 11.0. The summed E-state index contributed by atoms with van der Waals surface area (Å²) < 4.78 is 64.0. The number of hydrogen-bond acceptors (Lipinski definition) is 5. The van der Waals surface area contributed by atoms with Gasteiger partial charge in [0.15, 0.2) is 0 Å². The quantitative estimate of drug-likeness (QED) is 0.382. The summed E-state index contributed by atoms with van der Waals surface area (Å²) in [5, 5.41) is 13.0. The van der Waals surface area contributed by atoms with Gasteiger partial charge >= 0.3 is 15.5 Å². The van der Waals surface area contributed by atoms with E-state index in [0.717, 1.165) is 0 Å². The van der Waals surface area contributed by atoms with Crippen molar-refractivity contribution in [1.82, 2.24) is 0 Å². The number of nitrogens with one attached hydrogen (secondary N) is 1. The summed E-state index contributed by atoms with van der Waals surface area (Å²) in [4.78, 5) is 5.46. The van der Waals surface area contributed by atoms with Crippen molar-refractivity contribution in [3.8, 4) is 6.07 Å². The van der Waals surface area contributed by atoms with Crippen LogP contribution in [0.2, 0.25) is 0 Å². The lowest BCUT2D eigenvalue weighted by Gasteiger charge is -2.16. The second kappa shape index (κ2) is 9.75. The maximum Gasteiger partial charge on any atom is 0.516 e. The lowest BCUT2D eigenvalue weighted by atomic mass is 9.99. The number of halogens is 3. The Morgan fingerprint density at radius 3 is 2.33 bits per heavy atom. The molecule has 10 heteroatoms. The largest absolute Gasteiger partial charge is 0.516 e. The lowest BCUT2D eigenvalue weighted by Crippen LogP contribution is -2.30. The summed E-state index contributed by atoms with van der Waals surface area (Å²) in [5.74, 6) is 0. The minimum Gasteiger partial charge on any atom is -0.390 e. The van der Waals surface area contributed by atoms with Crippen LogP contribution in [0.5, 0.6) is 0 Å². The molecule has 3 aromatic rings. The van der Waals surface area contributed by atoms with Crippen LogP contribution in [-0.2, 0) is 21.5 Å². The van der Waals surface area contributed by atoms with Gasteiger partial charge in [-0.15, -0.1) is 0 Å². The number of oxime groups is 1. The van der Waals surface area contributed by atoms with Gasteiger partial charge in [-0.25, -0.2) is 0 Å². The Kier molecular flexibility index (Phi) is 7.04. The van der Waals surface area contributed by atoms with E-state index in [-0.39, 0.29) is 23.6 Å².